The van der Waals surface area contributed by atoms with Crippen molar-refractivity contribution in [2.45, 2.75) is 39.0 Å². The number of aryl methyl sites for hydroxylation is 1. The number of carboxylic acids is 1. The van der Waals surface area contributed by atoms with Gasteiger partial charge in [-0.3, -0.25) is 4.39 Å². The topological polar surface area (TPSA) is 40.5 Å². The Bertz CT molecular complexity index is 1400. The van der Waals surface area contributed by atoms with E-state index in [0.717, 1.165) is 53.9 Å². The van der Waals surface area contributed by atoms with Gasteiger partial charge in [-0.25, -0.2) is 13.6 Å². The van der Waals surface area contributed by atoms with Gasteiger partial charge in [-0.1, -0.05) is 30.3 Å². The molecule has 7 heteroatoms. The predicted octanol–water partition coefficient (Wildman–Crippen LogP) is 7.52. The van der Waals surface area contributed by atoms with E-state index >= 15 is 4.39 Å². The zero-order valence-corrected chi connectivity index (χ0v) is 22.8. The van der Waals surface area contributed by atoms with Crippen LogP contribution in [0.5, 0.6) is 0 Å². The van der Waals surface area contributed by atoms with E-state index in [9.17, 15) is 18.7 Å². The molecule has 39 heavy (non-hydrogen) atoms. The van der Waals surface area contributed by atoms with Crippen LogP contribution in [0.15, 0.2) is 54.6 Å². The molecule has 3 aromatic carbocycles. The molecule has 1 N–H and O–H groups in total. The number of benzene rings is 3. The van der Waals surface area contributed by atoms with Crippen molar-refractivity contribution in [1.29, 1.82) is 0 Å². The molecule has 0 spiro atoms. The maximum atomic E-state index is 15.5. The predicted molar refractivity (Wildman–Crippen MR) is 151 cm³/mol. The Morgan fingerprint density at radius 1 is 1.00 bits per heavy atom. The van der Waals surface area contributed by atoms with Gasteiger partial charge >= 0.3 is 5.97 Å². The van der Waals surface area contributed by atoms with Crippen molar-refractivity contribution in [3.8, 4) is 0 Å². The number of nitrogens with zero attached hydrogens (tertiary/aromatic N) is 1. The molecule has 0 bridgehead atoms. The quantitative estimate of drug-likeness (QED) is 0.312. The molecule has 2 aliphatic rings. The standard InChI is InChI=1S/C32H32F3NO2.ClH/c1-20-26(6-3-8-29(20)34)28-7-2-5-22-16-25(32(37)38)11-12-27(22)31(28)24-10-9-23(30(35)17-24)15-21-18-36(19-21)14-4-13-33;/h3,6,8-12,16-17,21H,2,4-5,7,13-15,18-19H2,1H3,(H,37,38);1H. The molecule has 1 saturated heterocycles. The van der Waals surface area contributed by atoms with E-state index in [1.807, 2.05) is 18.2 Å². The van der Waals surface area contributed by atoms with E-state index in [1.54, 1.807) is 37.3 Å². The molecule has 5 rings (SSSR count). The number of likely N-dealkylation sites (tertiary alicyclic amines) is 1. The molecule has 1 heterocycles. The smallest absolute Gasteiger partial charge is 0.335 e. The Balaban J connectivity index is 0.00000353. The summed E-state index contributed by atoms with van der Waals surface area (Å²) in [6, 6.07) is 15.5. The van der Waals surface area contributed by atoms with E-state index in [-0.39, 0.29) is 36.3 Å². The summed E-state index contributed by atoms with van der Waals surface area (Å²) in [4.78, 5) is 13.8. The lowest BCUT2D eigenvalue weighted by atomic mass is 9.85. The molecule has 0 saturated carbocycles. The molecule has 206 valence electrons. The minimum atomic E-state index is -0.988. The van der Waals surface area contributed by atoms with E-state index in [2.05, 4.69) is 4.90 Å². The summed E-state index contributed by atoms with van der Waals surface area (Å²) in [6.45, 7) is 3.90. The third-order valence-corrected chi connectivity index (χ3v) is 7.88. The van der Waals surface area contributed by atoms with Crippen LogP contribution in [0.2, 0.25) is 0 Å². The van der Waals surface area contributed by atoms with Crippen LogP contribution in [0.25, 0.3) is 11.1 Å². The lowest BCUT2D eigenvalue weighted by Gasteiger charge is -2.39. The average Bonchev–Trinajstić information content (AvgIpc) is 3.06. The Kier molecular flexibility index (Phi) is 9.19. The second-order valence-corrected chi connectivity index (χ2v) is 10.5. The largest absolute Gasteiger partial charge is 0.478 e. The molecule has 0 radical (unpaired) electrons. The maximum absolute atomic E-state index is 15.5. The molecule has 1 aliphatic heterocycles. The first-order valence-corrected chi connectivity index (χ1v) is 13.3. The van der Waals surface area contributed by atoms with E-state index in [4.69, 9.17) is 0 Å². The van der Waals surface area contributed by atoms with E-state index in [1.165, 1.54) is 6.07 Å². The number of alkyl halides is 1. The summed E-state index contributed by atoms with van der Waals surface area (Å²) in [5, 5.41) is 9.54. The number of hydrogen-bond donors (Lipinski definition) is 1. The summed E-state index contributed by atoms with van der Waals surface area (Å²) >= 11 is 0. The fourth-order valence-electron chi connectivity index (χ4n) is 5.91. The van der Waals surface area contributed by atoms with Crippen LogP contribution in [0.4, 0.5) is 13.2 Å². The number of carbonyl (C=O) groups is 1. The Morgan fingerprint density at radius 3 is 2.51 bits per heavy atom. The van der Waals surface area contributed by atoms with Crippen LogP contribution in [0, 0.1) is 24.5 Å². The lowest BCUT2D eigenvalue weighted by molar-refractivity contribution is 0.0696. The Labute approximate surface area is 233 Å². The highest BCUT2D eigenvalue weighted by atomic mass is 35.5. The fourth-order valence-corrected chi connectivity index (χ4v) is 5.91. The van der Waals surface area contributed by atoms with Gasteiger partial charge < -0.3 is 10.0 Å². The summed E-state index contributed by atoms with van der Waals surface area (Å²) in [5.74, 6) is -1.20. The van der Waals surface area contributed by atoms with Gasteiger partial charge in [0.2, 0.25) is 0 Å². The average molecular weight is 556 g/mol. The molecular formula is C32H33ClF3NO2. The highest BCUT2D eigenvalue weighted by Gasteiger charge is 2.28. The van der Waals surface area contributed by atoms with Gasteiger partial charge in [0.1, 0.15) is 11.6 Å². The van der Waals surface area contributed by atoms with Crippen molar-refractivity contribution in [1.82, 2.24) is 4.90 Å². The van der Waals surface area contributed by atoms with Gasteiger partial charge in [-0.15, -0.1) is 12.4 Å². The number of allylic oxidation sites excluding steroid dienone is 1. The first kappa shape index (κ1) is 28.9. The second kappa shape index (κ2) is 12.4. The third-order valence-electron chi connectivity index (χ3n) is 7.88. The number of aromatic carboxylic acids is 1. The van der Waals surface area contributed by atoms with Crippen LogP contribution < -0.4 is 0 Å². The minimum Gasteiger partial charge on any atom is -0.478 e. The van der Waals surface area contributed by atoms with Gasteiger partial charge in [0.15, 0.2) is 0 Å². The zero-order chi connectivity index (χ0) is 26.8. The van der Waals surface area contributed by atoms with Crippen molar-refractivity contribution in [2.75, 3.05) is 26.3 Å². The van der Waals surface area contributed by atoms with Crippen molar-refractivity contribution < 1.29 is 23.1 Å². The van der Waals surface area contributed by atoms with Gasteiger partial charge in [0, 0.05) is 19.6 Å². The van der Waals surface area contributed by atoms with Crippen molar-refractivity contribution in [2.24, 2.45) is 5.92 Å². The van der Waals surface area contributed by atoms with Crippen LogP contribution in [0.3, 0.4) is 0 Å². The number of carboxylic acid groups (broad SMARTS) is 1. The first-order valence-electron chi connectivity index (χ1n) is 13.3. The van der Waals surface area contributed by atoms with Crippen molar-refractivity contribution in [3.63, 3.8) is 0 Å². The van der Waals surface area contributed by atoms with Crippen LogP contribution in [-0.2, 0) is 12.8 Å². The van der Waals surface area contributed by atoms with Gasteiger partial charge in [0.05, 0.1) is 12.2 Å². The first-order chi connectivity index (χ1) is 18.4. The van der Waals surface area contributed by atoms with E-state index in [0.29, 0.717) is 48.3 Å². The van der Waals surface area contributed by atoms with Crippen LogP contribution >= 0.6 is 12.4 Å². The molecule has 1 aliphatic carbocycles. The molecule has 0 unspecified atom stereocenters. The van der Waals surface area contributed by atoms with Crippen LogP contribution in [0.1, 0.15) is 63.0 Å². The lowest BCUT2D eigenvalue weighted by Crippen LogP contribution is -2.48. The number of halogens is 4. The monoisotopic (exact) mass is 555 g/mol. The molecule has 3 nitrogen and oxygen atoms in total. The summed E-state index contributed by atoms with van der Waals surface area (Å²) in [5.41, 5.74) is 6.45. The molecule has 0 aromatic heterocycles. The Morgan fingerprint density at radius 2 is 1.79 bits per heavy atom. The minimum absolute atomic E-state index is 0. The molecule has 0 atom stereocenters. The number of rotatable bonds is 8. The van der Waals surface area contributed by atoms with Gasteiger partial charge in [-0.2, -0.15) is 0 Å². The number of fused-ring (bicyclic) bond motifs is 1. The highest BCUT2D eigenvalue weighted by Crippen LogP contribution is 2.41. The second-order valence-electron chi connectivity index (χ2n) is 10.5. The maximum Gasteiger partial charge on any atom is 0.335 e. The molecular weight excluding hydrogens is 523 g/mol. The van der Waals surface area contributed by atoms with Gasteiger partial charge in [0.25, 0.3) is 0 Å². The molecule has 3 aromatic rings. The summed E-state index contributed by atoms with van der Waals surface area (Å²) < 4.78 is 42.6. The highest BCUT2D eigenvalue weighted by molar-refractivity contribution is 6.01. The third kappa shape index (κ3) is 6.07. The van der Waals surface area contributed by atoms with Crippen LogP contribution in [-0.4, -0.2) is 42.3 Å². The van der Waals surface area contributed by atoms with Crippen molar-refractivity contribution in [3.05, 3.63) is 105 Å². The Hall–Kier alpha value is -3.09. The fraction of sp³-hybridized carbons (Fsp3) is 0.344. The van der Waals surface area contributed by atoms with Gasteiger partial charge in [-0.05, 0) is 114 Å². The number of hydrogen-bond acceptors (Lipinski definition) is 2. The zero-order valence-electron chi connectivity index (χ0n) is 22.0. The van der Waals surface area contributed by atoms with E-state index < -0.39 is 5.97 Å². The summed E-state index contributed by atoms with van der Waals surface area (Å²) in [6.07, 6.45) is 3.28. The SMILES string of the molecule is Cc1c(F)cccc1C1=C(c2ccc(CC3CN(CCCF)C3)c(F)c2)c2ccc(C(=O)O)cc2CCC1.Cl. The van der Waals surface area contributed by atoms with Crippen molar-refractivity contribution >= 4 is 29.5 Å². The normalized spacial score (nSPS) is 15.8. The summed E-state index contributed by atoms with van der Waals surface area (Å²) in [7, 11) is 0. The molecule has 1 fully saturated rings. The molecule has 0 amide bonds.